The van der Waals surface area contributed by atoms with E-state index in [2.05, 4.69) is 5.32 Å². The lowest BCUT2D eigenvalue weighted by Crippen LogP contribution is -2.54. The largest absolute Gasteiger partial charge is 0.495 e. The first-order valence-corrected chi connectivity index (χ1v) is 12.9. The standard InChI is InChI=1S/C24H32ClN3O5S/c1-17(23(30)26-24(2,3)4)27(15-18-10-8-7-9-11-18)22(29)16-28(34(6,31)32)20-14-19(25)12-13-21(20)33-5/h7-14,17H,15-16H2,1-6H3,(H,26,30)/t17-/m1/s1. The highest BCUT2D eigenvalue weighted by molar-refractivity contribution is 7.92. The van der Waals surface area contributed by atoms with Crippen molar-refractivity contribution in [2.45, 2.75) is 45.8 Å². The number of anilines is 1. The van der Waals surface area contributed by atoms with Crippen LogP contribution in [0.3, 0.4) is 0 Å². The van der Waals surface area contributed by atoms with Gasteiger partial charge in [-0.1, -0.05) is 41.9 Å². The summed E-state index contributed by atoms with van der Waals surface area (Å²) in [6.07, 6.45) is 0.998. The Labute approximate surface area is 206 Å². The summed E-state index contributed by atoms with van der Waals surface area (Å²) in [5.74, 6) is -0.647. The maximum absolute atomic E-state index is 13.5. The maximum Gasteiger partial charge on any atom is 0.244 e. The van der Waals surface area contributed by atoms with Gasteiger partial charge in [0.25, 0.3) is 0 Å². The molecule has 10 heteroatoms. The van der Waals surface area contributed by atoms with Crippen molar-refractivity contribution >= 4 is 39.1 Å². The van der Waals surface area contributed by atoms with E-state index in [1.165, 1.54) is 24.1 Å². The summed E-state index contributed by atoms with van der Waals surface area (Å²) in [6.45, 7) is 6.75. The van der Waals surface area contributed by atoms with E-state index in [1.807, 2.05) is 51.1 Å². The van der Waals surface area contributed by atoms with Gasteiger partial charge >= 0.3 is 0 Å². The third-order valence-corrected chi connectivity index (χ3v) is 6.31. The van der Waals surface area contributed by atoms with Gasteiger partial charge in [0, 0.05) is 17.1 Å². The third kappa shape index (κ3) is 7.63. The Hall–Kier alpha value is -2.78. The fraction of sp³-hybridized carbons (Fsp3) is 0.417. The molecule has 0 saturated carbocycles. The number of carbonyl (C=O) groups is 2. The van der Waals surface area contributed by atoms with Crippen LogP contribution in [0.1, 0.15) is 33.3 Å². The van der Waals surface area contributed by atoms with Crippen molar-refractivity contribution in [3.63, 3.8) is 0 Å². The first-order chi connectivity index (χ1) is 15.7. The molecule has 0 aliphatic carbocycles. The molecule has 8 nitrogen and oxygen atoms in total. The number of methoxy groups -OCH3 is 1. The lowest BCUT2D eigenvalue weighted by Gasteiger charge is -2.33. The summed E-state index contributed by atoms with van der Waals surface area (Å²) < 4.78 is 31.6. The Morgan fingerprint density at radius 2 is 1.74 bits per heavy atom. The van der Waals surface area contributed by atoms with Crippen molar-refractivity contribution in [2.24, 2.45) is 0 Å². The predicted octanol–water partition coefficient (Wildman–Crippen LogP) is 3.45. The molecule has 0 bridgehead atoms. The minimum absolute atomic E-state index is 0.128. The van der Waals surface area contributed by atoms with Crippen LogP contribution in [0.5, 0.6) is 5.75 Å². The van der Waals surface area contributed by atoms with E-state index in [0.29, 0.717) is 0 Å². The van der Waals surface area contributed by atoms with Gasteiger partial charge < -0.3 is 15.0 Å². The molecule has 0 heterocycles. The molecule has 0 aliphatic rings. The summed E-state index contributed by atoms with van der Waals surface area (Å²) in [5.41, 5.74) is 0.439. The number of halogens is 1. The van der Waals surface area contributed by atoms with E-state index >= 15 is 0 Å². The molecule has 186 valence electrons. The zero-order chi connectivity index (χ0) is 25.7. The van der Waals surface area contributed by atoms with Crippen molar-refractivity contribution < 1.29 is 22.7 Å². The Bertz CT molecular complexity index is 1120. The molecule has 0 unspecified atom stereocenters. The van der Waals surface area contributed by atoms with E-state index in [-0.39, 0.29) is 28.9 Å². The molecular weight excluding hydrogens is 478 g/mol. The van der Waals surface area contributed by atoms with Crippen LogP contribution in [-0.2, 0) is 26.2 Å². The molecule has 0 spiro atoms. The number of benzene rings is 2. The lowest BCUT2D eigenvalue weighted by atomic mass is 10.1. The molecule has 2 rings (SSSR count). The van der Waals surface area contributed by atoms with Gasteiger partial charge in [0.2, 0.25) is 21.8 Å². The van der Waals surface area contributed by atoms with E-state index in [1.54, 1.807) is 13.0 Å². The first-order valence-electron chi connectivity index (χ1n) is 10.7. The van der Waals surface area contributed by atoms with Crippen LogP contribution in [0.2, 0.25) is 5.02 Å². The van der Waals surface area contributed by atoms with Crippen molar-refractivity contribution in [1.82, 2.24) is 10.2 Å². The fourth-order valence-electron chi connectivity index (χ4n) is 3.29. The second-order valence-corrected chi connectivity index (χ2v) is 11.4. The molecule has 0 aliphatic heterocycles. The predicted molar refractivity (Wildman–Crippen MR) is 135 cm³/mol. The lowest BCUT2D eigenvalue weighted by molar-refractivity contribution is -0.140. The van der Waals surface area contributed by atoms with Crippen LogP contribution >= 0.6 is 11.6 Å². The summed E-state index contributed by atoms with van der Waals surface area (Å²) >= 11 is 6.10. The highest BCUT2D eigenvalue weighted by atomic mass is 35.5. The fourth-order valence-corrected chi connectivity index (χ4v) is 4.30. The molecular formula is C24H32ClN3O5S. The molecule has 2 amide bonds. The van der Waals surface area contributed by atoms with Gasteiger partial charge in [-0.2, -0.15) is 0 Å². The smallest absolute Gasteiger partial charge is 0.244 e. The molecule has 2 aromatic carbocycles. The zero-order valence-electron chi connectivity index (χ0n) is 20.3. The molecule has 1 N–H and O–H groups in total. The Balaban J connectivity index is 2.45. The second kappa shape index (κ2) is 11.1. The normalized spacial score (nSPS) is 12.6. The minimum atomic E-state index is -3.90. The molecule has 0 fully saturated rings. The highest BCUT2D eigenvalue weighted by Crippen LogP contribution is 2.33. The number of hydrogen-bond donors (Lipinski definition) is 1. The number of rotatable bonds is 9. The summed E-state index contributed by atoms with van der Waals surface area (Å²) in [4.78, 5) is 27.8. The van der Waals surface area contributed by atoms with Crippen LogP contribution < -0.4 is 14.4 Å². The molecule has 1 atom stereocenters. The van der Waals surface area contributed by atoms with Gasteiger partial charge in [-0.25, -0.2) is 8.42 Å². The zero-order valence-corrected chi connectivity index (χ0v) is 21.9. The average Bonchev–Trinajstić information content (AvgIpc) is 2.74. The number of nitrogens with one attached hydrogen (secondary N) is 1. The Morgan fingerprint density at radius 1 is 1.12 bits per heavy atom. The van der Waals surface area contributed by atoms with Gasteiger partial charge in [-0.15, -0.1) is 0 Å². The Kier molecular flexibility index (Phi) is 8.96. The van der Waals surface area contributed by atoms with Crippen LogP contribution in [0.4, 0.5) is 5.69 Å². The van der Waals surface area contributed by atoms with Crippen LogP contribution in [0, 0.1) is 0 Å². The highest BCUT2D eigenvalue weighted by Gasteiger charge is 2.32. The van der Waals surface area contributed by atoms with E-state index in [9.17, 15) is 18.0 Å². The molecule has 0 radical (unpaired) electrons. The van der Waals surface area contributed by atoms with Gasteiger partial charge in [0.1, 0.15) is 18.3 Å². The third-order valence-electron chi connectivity index (χ3n) is 4.95. The van der Waals surface area contributed by atoms with Crippen molar-refractivity contribution in [1.29, 1.82) is 0 Å². The maximum atomic E-state index is 13.5. The summed E-state index contributed by atoms with van der Waals surface area (Å²) in [5, 5.41) is 3.17. The summed E-state index contributed by atoms with van der Waals surface area (Å²) in [7, 11) is -2.50. The second-order valence-electron chi connectivity index (χ2n) is 9.01. The first kappa shape index (κ1) is 27.5. The van der Waals surface area contributed by atoms with Crippen LogP contribution in [-0.4, -0.2) is 56.6 Å². The summed E-state index contributed by atoms with van der Waals surface area (Å²) in [6, 6.07) is 12.8. The number of amides is 2. The average molecular weight is 510 g/mol. The SMILES string of the molecule is COc1ccc(Cl)cc1N(CC(=O)N(Cc1ccccc1)[C@H](C)C(=O)NC(C)(C)C)S(C)(=O)=O. The van der Waals surface area contributed by atoms with Crippen molar-refractivity contribution in [3.8, 4) is 5.75 Å². The minimum Gasteiger partial charge on any atom is -0.495 e. The topological polar surface area (TPSA) is 96.0 Å². The molecule has 2 aromatic rings. The molecule has 34 heavy (non-hydrogen) atoms. The number of hydrogen-bond acceptors (Lipinski definition) is 5. The van der Waals surface area contributed by atoms with Gasteiger partial charge in [0.15, 0.2) is 0 Å². The van der Waals surface area contributed by atoms with E-state index < -0.39 is 34.1 Å². The Morgan fingerprint density at radius 3 is 2.26 bits per heavy atom. The van der Waals surface area contributed by atoms with Crippen LogP contribution in [0.15, 0.2) is 48.5 Å². The van der Waals surface area contributed by atoms with Gasteiger partial charge in [-0.05, 0) is 51.5 Å². The van der Waals surface area contributed by atoms with E-state index in [4.69, 9.17) is 16.3 Å². The number of nitrogens with zero attached hydrogens (tertiary/aromatic N) is 2. The monoisotopic (exact) mass is 509 g/mol. The van der Waals surface area contributed by atoms with Gasteiger partial charge in [0.05, 0.1) is 19.1 Å². The van der Waals surface area contributed by atoms with E-state index in [0.717, 1.165) is 16.1 Å². The van der Waals surface area contributed by atoms with Gasteiger partial charge in [-0.3, -0.25) is 13.9 Å². The number of ether oxygens (including phenoxy) is 1. The van der Waals surface area contributed by atoms with Crippen molar-refractivity contribution in [2.75, 3.05) is 24.2 Å². The van der Waals surface area contributed by atoms with Crippen molar-refractivity contribution in [3.05, 3.63) is 59.1 Å². The molecule has 0 saturated heterocycles. The molecule has 0 aromatic heterocycles. The number of sulfonamides is 1. The van der Waals surface area contributed by atoms with Crippen LogP contribution in [0.25, 0.3) is 0 Å². The number of carbonyl (C=O) groups excluding carboxylic acids is 2. The quantitative estimate of drug-likeness (QED) is 0.558.